The lowest BCUT2D eigenvalue weighted by molar-refractivity contribution is -0.113. The molecule has 0 fully saturated rings. The van der Waals surface area contributed by atoms with Gasteiger partial charge in [-0.05, 0) is 42.1 Å². The van der Waals surface area contributed by atoms with Gasteiger partial charge in [0.15, 0.2) is 6.61 Å². The number of rotatable bonds is 7. The SMILES string of the molecule is CCCCCc1ccc(OCC(=O)Cl)cc1. The smallest absolute Gasteiger partial charge is 0.259 e. The lowest BCUT2D eigenvalue weighted by Gasteiger charge is -2.04. The minimum atomic E-state index is -0.480. The third-order valence-electron chi connectivity index (χ3n) is 2.34. The van der Waals surface area contributed by atoms with E-state index in [1.807, 2.05) is 24.3 Å². The van der Waals surface area contributed by atoms with Crippen LogP contribution in [0.15, 0.2) is 24.3 Å². The second kappa shape index (κ2) is 7.29. The Balaban J connectivity index is 2.38. The van der Waals surface area contributed by atoms with Crippen LogP contribution in [0.2, 0.25) is 0 Å². The summed E-state index contributed by atoms with van der Waals surface area (Å²) in [6.45, 7) is 2.12. The molecule has 0 saturated carbocycles. The van der Waals surface area contributed by atoms with Crippen LogP contribution in [0.25, 0.3) is 0 Å². The first-order chi connectivity index (χ1) is 7.72. The van der Waals surface area contributed by atoms with Crippen molar-refractivity contribution in [2.75, 3.05) is 6.61 Å². The molecule has 0 aromatic heterocycles. The van der Waals surface area contributed by atoms with Crippen LogP contribution in [0, 0.1) is 0 Å². The van der Waals surface area contributed by atoms with E-state index in [1.165, 1.54) is 24.8 Å². The van der Waals surface area contributed by atoms with Gasteiger partial charge in [-0.15, -0.1) is 0 Å². The van der Waals surface area contributed by atoms with Crippen LogP contribution in [0.4, 0.5) is 0 Å². The largest absolute Gasteiger partial charge is 0.484 e. The molecule has 3 heteroatoms. The van der Waals surface area contributed by atoms with Crippen molar-refractivity contribution in [2.24, 2.45) is 0 Å². The molecule has 0 aliphatic heterocycles. The molecule has 0 aliphatic rings. The molecule has 1 rings (SSSR count). The number of ether oxygens (including phenoxy) is 1. The molecule has 0 saturated heterocycles. The molecule has 0 N–H and O–H groups in total. The van der Waals surface area contributed by atoms with Gasteiger partial charge in [0.05, 0.1) is 0 Å². The maximum absolute atomic E-state index is 10.5. The number of carbonyl (C=O) groups is 1. The summed E-state index contributed by atoms with van der Waals surface area (Å²) in [6, 6.07) is 7.82. The van der Waals surface area contributed by atoms with E-state index in [2.05, 4.69) is 6.92 Å². The van der Waals surface area contributed by atoms with Gasteiger partial charge >= 0.3 is 0 Å². The number of aryl methyl sites for hydroxylation is 1. The van der Waals surface area contributed by atoms with Crippen molar-refractivity contribution in [3.8, 4) is 5.75 Å². The Hall–Kier alpha value is -1.02. The van der Waals surface area contributed by atoms with Gasteiger partial charge in [0, 0.05) is 0 Å². The zero-order valence-corrected chi connectivity index (χ0v) is 10.3. The van der Waals surface area contributed by atoms with Gasteiger partial charge in [0.1, 0.15) is 5.75 Å². The highest BCUT2D eigenvalue weighted by molar-refractivity contribution is 6.63. The molecular weight excluding hydrogens is 224 g/mol. The second-order valence-corrected chi connectivity index (χ2v) is 4.17. The predicted molar refractivity (Wildman–Crippen MR) is 66.0 cm³/mol. The maximum Gasteiger partial charge on any atom is 0.259 e. The van der Waals surface area contributed by atoms with E-state index in [4.69, 9.17) is 16.3 Å². The minimum absolute atomic E-state index is 0.0727. The van der Waals surface area contributed by atoms with E-state index in [0.29, 0.717) is 5.75 Å². The van der Waals surface area contributed by atoms with E-state index in [0.717, 1.165) is 6.42 Å². The number of hydrogen-bond acceptors (Lipinski definition) is 2. The van der Waals surface area contributed by atoms with Gasteiger partial charge in [-0.2, -0.15) is 0 Å². The Labute approximate surface area is 102 Å². The molecule has 88 valence electrons. The molecule has 1 aromatic rings. The predicted octanol–water partition coefficient (Wildman–Crippen LogP) is 3.56. The number of unbranched alkanes of at least 4 members (excludes halogenated alkanes) is 2. The van der Waals surface area contributed by atoms with E-state index in [9.17, 15) is 4.79 Å². The zero-order chi connectivity index (χ0) is 11.8. The normalized spacial score (nSPS) is 10.1. The molecule has 0 radical (unpaired) electrons. The molecule has 0 spiro atoms. The summed E-state index contributed by atoms with van der Waals surface area (Å²) in [4.78, 5) is 10.5. The third kappa shape index (κ3) is 5.17. The number of halogens is 1. The maximum atomic E-state index is 10.5. The van der Waals surface area contributed by atoms with Crippen molar-refractivity contribution in [3.05, 3.63) is 29.8 Å². The number of benzene rings is 1. The second-order valence-electron chi connectivity index (χ2n) is 3.74. The Morgan fingerprint density at radius 2 is 1.94 bits per heavy atom. The average molecular weight is 241 g/mol. The first-order valence-corrected chi connectivity index (χ1v) is 6.00. The van der Waals surface area contributed by atoms with Crippen LogP contribution >= 0.6 is 11.6 Å². The monoisotopic (exact) mass is 240 g/mol. The molecule has 0 unspecified atom stereocenters. The van der Waals surface area contributed by atoms with Gasteiger partial charge in [0.25, 0.3) is 5.24 Å². The highest BCUT2D eigenvalue weighted by Crippen LogP contribution is 2.14. The first kappa shape index (κ1) is 13.0. The van der Waals surface area contributed by atoms with Crippen LogP contribution in [-0.4, -0.2) is 11.8 Å². The highest BCUT2D eigenvalue weighted by Gasteiger charge is 1.99. The Morgan fingerprint density at radius 1 is 1.25 bits per heavy atom. The Bertz CT molecular complexity index is 319. The summed E-state index contributed by atoms with van der Waals surface area (Å²) in [6.07, 6.45) is 4.82. The molecule has 0 heterocycles. The number of carbonyl (C=O) groups excluding carboxylic acids is 1. The topological polar surface area (TPSA) is 26.3 Å². The Kier molecular flexibility index (Phi) is 5.94. The first-order valence-electron chi connectivity index (χ1n) is 5.62. The van der Waals surface area contributed by atoms with E-state index in [1.54, 1.807) is 0 Å². The Morgan fingerprint density at radius 3 is 2.50 bits per heavy atom. The van der Waals surface area contributed by atoms with E-state index < -0.39 is 5.24 Å². The van der Waals surface area contributed by atoms with Crippen LogP contribution in [0.5, 0.6) is 5.75 Å². The van der Waals surface area contributed by atoms with Crippen LogP contribution in [-0.2, 0) is 11.2 Å². The molecule has 0 aliphatic carbocycles. The van der Waals surface area contributed by atoms with E-state index >= 15 is 0 Å². The average Bonchev–Trinajstić information content (AvgIpc) is 2.28. The van der Waals surface area contributed by atoms with Crippen molar-refractivity contribution in [1.29, 1.82) is 0 Å². The van der Waals surface area contributed by atoms with Crippen molar-refractivity contribution < 1.29 is 9.53 Å². The van der Waals surface area contributed by atoms with Crippen LogP contribution in [0.3, 0.4) is 0 Å². The molecule has 1 aromatic carbocycles. The minimum Gasteiger partial charge on any atom is -0.484 e. The van der Waals surface area contributed by atoms with Crippen molar-refractivity contribution in [1.82, 2.24) is 0 Å². The van der Waals surface area contributed by atoms with Crippen LogP contribution in [0.1, 0.15) is 31.7 Å². The van der Waals surface area contributed by atoms with E-state index in [-0.39, 0.29) is 6.61 Å². The lowest BCUT2D eigenvalue weighted by Crippen LogP contribution is -2.04. The fraction of sp³-hybridized carbons (Fsp3) is 0.462. The molecule has 0 bridgehead atoms. The molecule has 0 amide bonds. The van der Waals surface area contributed by atoms with Crippen molar-refractivity contribution in [2.45, 2.75) is 32.6 Å². The lowest BCUT2D eigenvalue weighted by atomic mass is 10.1. The van der Waals surface area contributed by atoms with Gasteiger partial charge in [-0.3, -0.25) is 4.79 Å². The molecule has 0 atom stereocenters. The summed E-state index contributed by atoms with van der Waals surface area (Å²) < 4.78 is 5.17. The highest BCUT2D eigenvalue weighted by atomic mass is 35.5. The molecule has 2 nitrogen and oxygen atoms in total. The van der Waals surface area contributed by atoms with Gasteiger partial charge in [0.2, 0.25) is 0 Å². The quantitative estimate of drug-likeness (QED) is 0.538. The summed E-state index contributed by atoms with van der Waals surface area (Å²) in [5.74, 6) is 0.688. The summed E-state index contributed by atoms with van der Waals surface area (Å²) >= 11 is 5.18. The molecular formula is C13H17ClO2. The van der Waals surface area contributed by atoms with Crippen molar-refractivity contribution >= 4 is 16.8 Å². The molecule has 16 heavy (non-hydrogen) atoms. The number of hydrogen-bond donors (Lipinski definition) is 0. The summed E-state index contributed by atoms with van der Waals surface area (Å²) in [7, 11) is 0. The zero-order valence-electron chi connectivity index (χ0n) is 9.54. The summed E-state index contributed by atoms with van der Waals surface area (Å²) in [5, 5.41) is -0.480. The third-order valence-corrected chi connectivity index (χ3v) is 2.45. The summed E-state index contributed by atoms with van der Waals surface area (Å²) in [5.41, 5.74) is 1.30. The van der Waals surface area contributed by atoms with Gasteiger partial charge in [-0.25, -0.2) is 0 Å². The van der Waals surface area contributed by atoms with Crippen LogP contribution < -0.4 is 4.74 Å². The standard InChI is InChI=1S/C13H17ClO2/c1-2-3-4-5-11-6-8-12(9-7-11)16-10-13(14)15/h6-9H,2-5,10H2,1H3. The van der Waals surface area contributed by atoms with Gasteiger partial charge < -0.3 is 4.74 Å². The fourth-order valence-electron chi connectivity index (χ4n) is 1.47. The van der Waals surface area contributed by atoms with Crippen molar-refractivity contribution in [3.63, 3.8) is 0 Å². The van der Waals surface area contributed by atoms with Gasteiger partial charge in [-0.1, -0.05) is 31.9 Å². The fourth-order valence-corrected chi connectivity index (χ4v) is 1.53.